The van der Waals surface area contributed by atoms with Gasteiger partial charge in [-0.05, 0) is 19.8 Å². The third-order valence-corrected chi connectivity index (χ3v) is 5.69. The van der Waals surface area contributed by atoms with Crippen molar-refractivity contribution in [1.29, 1.82) is 0 Å². The minimum atomic E-state index is 0.0337. The van der Waals surface area contributed by atoms with Crippen molar-refractivity contribution < 1.29 is 14.3 Å². The summed E-state index contributed by atoms with van der Waals surface area (Å²) >= 11 is 1.62. The molecule has 0 aromatic carbocycles. The molecule has 2 saturated heterocycles. The molecule has 7 heteroatoms. The zero-order valence-electron chi connectivity index (χ0n) is 13.7. The van der Waals surface area contributed by atoms with Crippen LogP contribution in [-0.2, 0) is 20.9 Å². The summed E-state index contributed by atoms with van der Waals surface area (Å²) in [5.41, 5.74) is 1.01. The van der Waals surface area contributed by atoms with Crippen molar-refractivity contribution in [3.05, 3.63) is 16.1 Å². The zero-order valence-corrected chi connectivity index (χ0v) is 14.5. The molecule has 0 unspecified atom stereocenters. The maximum atomic E-state index is 12.4. The first-order valence-corrected chi connectivity index (χ1v) is 8.85. The number of carbonyl (C=O) groups is 2. The Kier molecular flexibility index (Phi) is 4.68. The topological polar surface area (TPSA) is 62.7 Å². The van der Waals surface area contributed by atoms with Gasteiger partial charge in [-0.1, -0.05) is 0 Å². The second kappa shape index (κ2) is 6.57. The molecule has 6 nitrogen and oxygen atoms in total. The molecule has 0 saturated carbocycles. The van der Waals surface area contributed by atoms with Gasteiger partial charge in [0.05, 0.1) is 17.2 Å². The van der Waals surface area contributed by atoms with Crippen molar-refractivity contribution >= 4 is 23.2 Å². The summed E-state index contributed by atoms with van der Waals surface area (Å²) in [6.07, 6.45) is 2.38. The summed E-state index contributed by atoms with van der Waals surface area (Å²) in [5.74, 6) is 0.258. The molecule has 2 aliphatic rings. The van der Waals surface area contributed by atoms with Gasteiger partial charge in [0, 0.05) is 44.0 Å². The number of carbonyl (C=O) groups excluding carboxylic acids is 2. The Morgan fingerprint density at radius 2 is 2.17 bits per heavy atom. The Balaban J connectivity index is 1.58. The van der Waals surface area contributed by atoms with Crippen LogP contribution in [0.1, 0.15) is 30.0 Å². The van der Waals surface area contributed by atoms with Crippen molar-refractivity contribution in [1.82, 2.24) is 14.8 Å². The molecule has 2 amide bonds. The van der Waals surface area contributed by atoms with E-state index in [2.05, 4.69) is 4.98 Å². The molecule has 126 valence electrons. The lowest BCUT2D eigenvalue weighted by molar-refractivity contribution is -0.137. The number of hydrogen-bond donors (Lipinski definition) is 0. The average Bonchev–Trinajstić information content (AvgIpc) is 3.05. The predicted molar refractivity (Wildman–Crippen MR) is 87.0 cm³/mol. The number of hydrogen-bond acceptors (Lipinski definition) is 5. The standard InChI is InChI=1S/C16H23N3O3S/c1-12-17-13(10-23-12)8-19-11-16(7-14(19)20)3-5-18(6-4-16)15(21)9-22-2/h10H,3-9,11H2,1-2H3. The molecule has 23 heavy (non-hydrogen) atoms. The van der Waals surface area contributed by atoms with Crippen LogP contribution in [0, 0.1) is 12.3 Å². The third kappa shape index (κ3) is 3.55. The summed E-state index contributed by atoms with van der Waals surface area (Å²) in [6.45, 7) is 4.96. The second-order valence-corrected chi connectivity index (χ2v) is 7.66. The van der Waals surface area contributed by atoms with E-state index in [0.717, 1.165) is 43.2 Å². The zero-order chi connectivity index (χ0) is 16.4. The number of rotatable bonds is 4. The number of methoxy groups -OCH3 is 1. The second-order valence-electron chi connectivity index (χ2n) is 6.60. The lowest BCUT2D eigenvalue weighted by Crippen LogP contribution is -2.45. The smallest absolute Gasteiger partial charge is 0.248 e. The molecule has 1 spiro atoms. The van der Waals surface area contributed by atoms with Crippen molar-refractivity contribution in [3.8, 4) is 0 Å². The Hall–Kier alpha value is -1.47. The molecule has 0 bridgehead atoms. The molecule has 3 heterocycles. The van der Waals surface area contributed by atoms with Crippen LogP contribution in [0.5, 0.6) is 0 Å². The van der Waals surface area contributed by atoms with Gasteiger partial charge >= 0.3 is 0 Å². The average molecular weight is 337 g/mol. The first kappa shape index (κ1) is 16.4. The van der Waals surface area contributed by atoms with Gasteiger partial charge in [0.15, 0.2) is 0 Å². The number of likely N-dealkylation sites (tertiary alicyclic amines) is 2. The van der Waals surface area contributed by atoms with Gasteiger partial charge in [-0.25, -0.2) is 4.98 Å². The quantitative estimate of drug-likeness (QED) is 0.834. The highest BCUT2D eigenvalue weighted by Crippen LogP contribution is 2.41. The number of aryl methyl sites for hydroxylation is 1. The molecule has 0 radical (unpaired) electrons. The summed E-state index contributed by atoms with van der Waals surface area (Å²) in [4.78, 5) is 32.5. The van der Waals surface area contributed by atoms with Gasteiger partial charge in [-0.15, -0.1) is 11.3 Å². The maximum absolute atomic E-state index is 12.4. The monoisotopic (exact) mass is 337 g/mol. The molecular weight excluding hydrogens is 314 g/mol. The van der Waals surface area contributed by atoms with E-state index in [1.807, 2.05) is 22.1 Å². The SMILES string of the molecule is COCC(=O)N1CCC2(CC1)CC(=O)N(Cc1csc(C)n1)C2. The molecule has 0 N–H and O–H groups in total. The Bertz CT molecular complexity index is 593. The van der Waals surface area contributed by atoms with Crippen molar-refractivity contribution in [2.24, 2.45) is 5.41 Å². The summed E-state index contributed by atoms with van der Waals surface area (Å²) < 4.78 is 4.92. The van der Waals surface area contributed by atoms with Crippen LogP contribution in [0.3, 0.4) is 0 Å². The highest BCUT2D eigenvalue weighted by Gasteiger charge is 2.45. The van der Waals surface area contributed by atoms with E-state index in [1.54, 1.807) is 11.3 Å². The van der Waals surface area contributed by atoms with Crippen LogP contribution >= 0.6 is 11.3 Å². The maximum Gasteiger partial charge on any atom is 0.248 e. The highest BCUT2D eigenvalue weighted by molar-refractivity contribution is 7.09. The molecule has 2 fully saturated rings. The van der Waals surface area contributed by atoms with E-state index in [9.17, 15) is 9.59 Å². The largest absolute Gasteiger partial charge is 0.375 e. The third-order valence-electron chi connectivity index (χ3n) is 4.87. The molecule has 0 aliphatic carbocycles. The number of ether oxygens (including phenoxy) is 1. The first-order chi connectivity index (χ1) is 11.0. The Morgan fingerprint density at radius 1 is 1.43 bits per heavy atom. The molecule has 1 aromatic heterocycles. The van der Waals surface area contributed by atoms with E-state index >= 15 is 0 Å². The van der Waals surface area contributed by atoms with Crippen molar-refractivity contribution in [3.63, 3.8) is 0 Å². The highest BCUT2D eigenvalue weighted by atomic mass is 32.1. The van der Waals surface area contributed by atoms with Crippen molar-refractivity contribution in [2.75, 3.05) is 33.4 Å². The van der Waals surface area contributed by atoms with E-state index in [0.29, 0.717) is 13.0 Å². The van der Waals surface area contributed by atoms with Gasteiger partial charge in [-0.2, -0.15) is 0 Å². The number of piperidine rings is 1. The summed E-state index contributed by atoms with van der Waals surface area (Å²) in [7, 11) is 1.54. The summed E-state index contributed by atoms with van der Waals surface area (Å²) in [6, 6.07) is 0. The summed E-state index contributed by atoms with van der Waals surface area (Å²) in [5, 5.41) is 3.06. The molecule has 3 rings (SSSR count). The van der Waals surface area contributed by atoms with Crippen LogP contribution in [0.4, 0.5) is 0 Å². The number of nitrogens with zero attached hydrogens (tertiary/aromatic N) is 3. The number of aromatic nitrogens is 1. The van der Waals surface area contributed by atoms with Gasteiger partial charge in [0.2, 0.25) is 11.8 Å². The Labute approximate surface area is 140 Å². The Morgan fingerprint density at radius 3 is 2.78 bits per heavy atom. The molecule has 2 aliphatic heterocycles. The minimum absolute atomic E-state index is 0.0337. The van der Waals surface area contributed by atoms with E-state index in [4.69, 9.17) is 4.74 Å². The van der Waals surface area contributed by atoms with Crippen molar-refractivity contribution in [2.45, 2.75) is 32.7 Å². The molecular formula is C16H23N3O3S. The molecule has 1 aromatic rings. The molecule has 0 atom stereocenters. The minimum Gasteiger partial charge on any atom is -0.375 e. The number of thiazole rings is 1. The van der Waals surface area contributed by atoms with Gasteiger partial charge in [0.25, 0.3) is 0 Å². The normalized spacial score (nSPS) is 20.5. The van der Waals surface area contributed by atoms with E-state index < -0.39 is 0 Å². The fourth-order valence-electron chi connectivity index (χ4n) is 3.58. The van der Waals surface area contributed by atoms with Gasteiger partial charge in [0.1, 0.15) is 6.61 Å². The van der Waals surface area contributed by atoms with Crippen LogP contribution < -0.4 is 0 Å². The lowest BCUT2D eigenvalue weighted by atomic mass is 9.77. The van der Waals surface area contributed by atoms with Crippen LogP contribution in [-0.4, -0.2) is 59.9 Å². The van der Waals surface area contributed by atoms with Crippen LogP contribution in [0.2, 0.25) is 0 Å². The fraction of sp³-hybridized carbons (Fsp3) is 0.688. The van der Waals surface area contributed by atoms with Gasteiger partial charge < -0.3 is 14.5 Å². The van der Waals surface area contributed by atoms with E-state index in [1.165, 1.54) is 7.11 Å². The van der Waals surface area contributed by atoms with Gasteiger partial charge in [-0.3, -0.25) is 9.59 Å². The fourth-order valence-corrected chi connectivity index (χ4v) is 4.19. The number of amides is 2. The lowest BCUT2D eigenvalue weighted by Gasteiger charge is -2.38. The van der Waals surface area contributed by atoms with Crippen LogP contribution in [0.15, 0.2) is 5.38 Å². The van der Waals surface area contributed by atoms with E-state index in [-0.39, 0.29) is 23.8 Å². The predicted octanol–water partition coefficient (Wildman–Crippen LogP) is 1.44. The van der Waals surface area contributed by atoms with Crippen LogP contribution in [0.25, 0.3) is 0 Å². The first-order valence-electron chi connectivity index (χ1n) is 7.97.